The fourth-order valence-electron chi connectivity index (χ4n) is 3.09. The molecule has 0 radical (unpaired) electrons. The second-order valence-electron chi connectivity index (χ2n) is 7.49. The maximum atomic E-state index is 5.93. The van der Waals surface area contributed by atoms with E-state index in [1.807, 2.05) is 16.8 Å². The van der Waals surface area contributed by atoms with Gasteiger partial charge >= 0.3 is 0 Å². The van der Waals surface area contributed by atoms with E-state index < -0.39 is 0 Å². The number of ether oxygens (including phenoxy) is 2. The van der Waals surface area contributed by atoms with Crippen LogP contribution in [0.15, 0.2) is 29.0 Å². The summed E-state index contributed by atoms with van der Waals surface area (Å²) in [4.78, 5) is 0. The van der Waals surface area contributed by atoms with Gasteiger partial charge in [-0.25, -0.2) is 0 Å². The summed E-state index contributed by atoms with van der Waals surface area (Å²) in [5, 5.41) is 3.96. The molecule has 0 amide bonds. The molecule has 0 fully saturated rings. The molecule has 2 heterocycles. The van der Waals surface area contributed by atoms with Crippen LogP contribution in [0.5, 0.6) is 23.0 Å². The van der Waals surface area contributed by atoms with Crippen LogP contribution in [0.4, 0.5) is 0 Å². The van der Waals surface area contributed by atoms with Gasteiger partial charge in [-0.2, -0.15) is 0 Å². The number of fused-ring (bicyclic) bond motifs is 2. The van der Waals surface area contributed by atoms with Crippen LogP contribution in [-0.2, 0) is 6.42 Å². The highest BCUT2D eigenvalue weighted by molar-refractivity contribution is 7.08. The van der Waals surface area contributed by atoms with Gasteiger partial charge in [-0.15, -0.1) is 11.3 Å². The Kier molecular flexibility index (Phi) is 4.18. The van der Waals surface area contributed by atoms with Crippen molar-refractivity contribution in [3.63, 3.8) is 0 Å². The standard InChI is InChI=1S/C19H24O2S/c1-13(10-19(2,3)4)5-6-14-7-8-15-16(9-14)21-18-12-22-11-17(18)20-15/h7-9,11-13H,5-6,10H2,1-4H3. The molecular weight excluding hydrogens is 292 g/mol. The van der Waals surface area contributed by atoms with Crippen molar-refractivity contribution in [1.29, 1.82) is 0 Å². The number of hydrogen-bond donors (Lipinski definition) is 0. The molecule has 0 aliphatic carbocycles. The minimum absolute atomic E-state index is 0.404. The van der Waals surface area contributed by atoms with Crippen LogP contribution in [0.1, 0.15) is 46.1 Å². The molecule has 3 heteroatoms. The van der Waals surface area contributed by atoms with E-state index >= 15 is 0 Å². The maximum absolute atomic E-state index is 5.93. The third kappa shape index (κ3) is 3.64. The monoisotopic (exact) mass is 316 g/mol. The van der Waals surface area contributed by atoms with Crippen LogP contribution in [0, 0.1) is 11.3 Å². The Morgan fingerprint density at radius 1 is 1.00 bits per heavy atom. The van der Waals surface area contributed by atoms with Crippen LogP contribution in [0.25, 0.3) is 0 Å². The minimum atomic E-state index is 0.404. The van der Waals surface area contributed by atoms with Crippen LogP contribution < -0.4 is 9.47 Å². The summed E-state index contributed by atoms with van der Waals surface area (Å²) >= 11 is 1.60. The second-order valence-corrected chi connectivity index (χ2v) is 8.24. The van der Waals surface area contributed by atoms with Crippen molar-refractivity contribution in [1.82, 2.24) is 0 Å². The lowest BCUT2D eigenvalue weighted by atomic mass is 9.83. The predicted molar refractivity (Wildman–Crippen MR) is 92.5 cm³/mol. The van der Waals surface area contributed by atoms with Gasteiger partial charge in [-0.1, -0.05) is 33.8 Å². The third-order valence-electron chi connectivity index (χ3n) is 3.93. The first-order chi connectivity index (χ1) is 10.4. The van der Waals surface area contributed by atoms with Gasteiger partial charge in [0.25, 0.3) is 0 Å². The summed E-state index contributed by atoms with van der Waals surface area (Å²) in [5.41, 5.74) is 1.73. The highest BCUT2D eigenvalue weighted by Gasteiger charge is 2.20. The summed E-state index contributed by atoms with van der Waals surface area (Å²) in [6.07, 6.45) is 3.56. The first-order valence-corrected chi connectivity index (χ1v) is 8.90. The zero-order valence-electron chi connectivity index (χ0n) is 13.8. The smallest absolute Gasteiger partial charge is 0.180 e. The van der Waals surface area contributed by atoms with Crippen LogP contribution in [-0.4, -0.2) is 0 Å². The molecule has 2 aromatic rings. The van der Waals surface area contributed by atoms with Crippen molar-refractivity contribution in [3.05, 3.63) is 34.5 Å². The quantitative estimate of drug-likeness (QED) is 0.536. The number of rotatable bonds is 4. The van der Waals surface area contributed by atoms with Gasteiger partial charge in [-0.05, 0) is 48.3 Å². The number of hydrogen-bond acceptors (Lipinski definition) is 3. The van der Waals surface area contributed by atoms with E-state index in [0.29, 0.717) is 5.41 Å². The summed E-state index contributed by atoms with van der Waals surface area (Å²) < 4.78 is 11.8. The van der Waals surface area contributed by atoms with Crippen LogP contribution >= 0.6 is 11.3 Å². The van der Waals surface area contributed by atoms with Crippen molar-refractivity contribution >= 4 is 11.3 Å². The Bertz CT molecular complexity index is 652. The van der Waals surface area contributed by atoms with Gasteiger partial charge < -0.3 is 9.47 Å². The number of thiophene rings is 1. The zero-order chi connectivity index (χ0) is 15.7. The maximum Gasteiger partial charge on any atom is 0.180 e. The van der Waals surface area contributed by atoms with E-state index in [4.69, 9.17) is 9.47 Å². The molecule has 1 aliphatic rings. The Morgan fingerprint density at radius 3 is 2.36 bits per heavy atom. The van der Waals surface area contributed by atoms with Gasteiger partial charge in [0.15, 0.2) is 23.0 Å². The Balaban J connectivity index is 1.64. The van der Waals surface area contributed by atoms with Crippen molar-refractivity contribution in [2.75, 3.05) is 0 Å². The fourth-order valence-corrected chi connectivity index (χ4v) is 3.74. The second kappa shape index (κ2) is 5.96. The summed E-state index contributed by atoms with van der Waals surface area (Å²) in [6.45, 7) is 9.28. The molecule has 1 aromatic heterocycles. The Labute approximate surface area is 137 Å². The average molecular weight is 316 g/mol. The minimum Gasteiger partial charge on any atom is -0.449 e. The Hall–Kier alpha value is -1.48. The summed E-state index contributed by atoms with van der Waals surface area (Å²) in [6, 6.07) is 6.31. The third-order valence-corrected chi connectivity index (χ3v) is 4.63. The molecule has 1 aliphatic heterocycles. The van der Waals surface area contributed by atoms with Crippen molar-refractivity contribution in [2.45, 2.75) is 47.0 Å². The summed E-state index contributed by atoms with van der Waals surface area (Å²) in [5.74, 6) is 4.04. The van der Waals surface area contributed by atoms with Crippen molar-refractivity contribution in [3.8, 4) is 23.0 Å². The molecule has 118 valence electrons. The molecule has 1 atom stereocenters. The van der Waals surface area contributed by atoms with Crippen molar-refractivity contribution < 1.29 is 9.47 Å². The lowest BCUT2D eigenvalue weighted by Gasteiger charge is -2.23. The molecular formula is C19H24O2S. The molecule has 0 saturated heterocycles. The van der Waals surface area contributed by atoms with Gasteiger partial charge in [-0.3, -0.25) is 0 Å². The van der Waals surface area contributed by atoms with E-state index in [9.17, 15) is 0 Å². The summed E-state index contributed by atoms with van der Waals surface area (Å²) in [7, 11) is 0. The van der Waals surface area contributed by atoms with Crippen LogP contribution in [0.3, 0.4) is 0 Å². The van der Waals surface area contributed by atoms with Gasteiger partial charge in [0.05, 0.1) is 0 Å². The first kappa shape index (κ1) is 15.4. The van der Waals surface area contributed by atoms with E-state index in [1.165, 1.54) is 18.4 Å². The molecule has 0 saturated carbocycles. The molecule has 1 unspecified atom stereocenters. The predicted octanol–water partition coefficient (Wildman–Crippen LogP) is 6.65. The number of benzene rings is 1. The lowest BCUT2D eigenvalue weighted by molar-refractivity contribution is 0.297. The molecule has 2 nitrogen and oxygen atoms in total. The largest absolute Gasteiger partial charge is 0.449 e. The highest BCUT2D eigenvalue weighted by atomic mass is 32.1. The molecule has 0 spiro atoms. The van der Waals surface area contributed by atoms with E-state index in [-0.39, 0.29) is 0 Å². The topological polar surface area (TPSA) is 18.5 Å². The van der Waals surface area contributed by atoms with E-state index in [0.717, 1.165) is 35.3 Å². The zero-order valence-corrected chi connectivity index (χ0v) is 14.6. The molecule has 3 rings (SSSR count). The highest BCUT2D eigenvalue weighted by Crippen LogP contribution is 2.47. The van der Waals surface area contributed by atoms with E-state index in [1.54, 1.807) is 11.3 Å². The fraction of sp³-hybridized carbons (Fsp3) is 0.474. The lowest BCUT2D eigenvalue weighted by Crippen LogP contribution is -2.11. The average Bonchev–Trinajstić information content (AvgIpc) is 2.87. The van der Waals surface area contributed by atoms with Crippen LogP contribution in [0.2, 0.25) is 0 Å². The molecule has 0 N–H and O–H groups in total. The molecule has 1 aromatic carbocycles. The first-order valence-electron chi connectivity index (χ1n) is 7.95. The van der Waals surface area contributed by atoms with Gasteiger partial charge in [0.2, 0.25) is 0 Å². The molecule has 22 heavy (non-hydrogen) atoms. The number of aryl methyl sites for hydroxylation is 1. The normalized spacial score (nSPS) is 14.5. The van der Waals surface area contributed by atoms with Gasteiger partial charge in [0.1, 0.15) is 0 Å². The Morgan fingerprint density at radius 2 is 1.68 bits per heavy atom. The van der Waals surface area contributed by atoms with E-state index in [2.05, 4.69) is 39.8 Å². The van der Waals surface area contributed by atoms with Crippen molar-refractivity contribution in [2.24, 2.45) is 11.3 Å². The SMILES string of the molecule is CC(CCc1ccc2c(c1)Oc1cscc1O2)CC(C)(C)C. The molecule has 0 bridgehead atoms. The van der Waals surface area contributed by atoms with Gasteiger partial charge in [0, 0.05) is 10.8 Å².